The molecule has 0 amide bonds. The van der Waals surface area contributed by atoms with Gasteiger partial charge in [0, 0.05) is 23.6 Å². The number of thioether (sulfide) groups is 1. The zero-order chi connectivity index (χ0) is 14.0. The van der Waals surface area contributed by atoms with Gasteiger partial charge in [-0.2, -0.15) is 11.8 Å². The highest BCUT2D eigenvalue weighted by molar-refractivity contribution is 7.99. The van der Waals surface area contributed by atoms with Crippen molar-refractivity contribution in [2.24, 2.45) is 0 Å². The average Bonchev–Trinajstić information content (AvgIpc) is 2.37. The van der Waals surface area contributed by atoms with Crippen LogP contribution in [0.2, 0.25) is 0 Å². The molecule has 0 aromatic heterocycles. The lowest BCUT2D eigenvalue weighted by Gasteiger charge is -2.34. The predicted molar refractivity (Wildman–Crippen MR) is 73.9 cm³/mol. The molecular weight excluding hydrogens is 268 g/mol. The van der Waals surface area contributed by atoms with Gasteiger partial charge in [-0.1, -0.05) is 12.1 Å². The zero-order valence-electron chi connectivity index (χ0n) is 10.4. The van der Waals surface area contributed by atoms with Crippen molar-refractivity contribution in [2.75, 3.05) is 23.0 Å². The summed E-state index contributed by atoms with van der Waals surface area (Å²) in [6.45, 7) is 2.17. The number of aliphatic carboxylic acids is 1. The van der Waals surface area contributed by atoms with E-state index in [0.717, 1.165) is 5.75 Å². The van der Waals surface area contributed by atoms with E-state index in [0.29, 0.717) is 23.5 Å². The van der Waals surface area contributed by atoms with Crippen LogP contribution in [0.15, 0.2) is 18.2 Å². The van der Waals surface area contributed by atoms with E-state index in [2.05, 4.69) is 0 Å². The summed E-state index contributed by atoms with van der Waals surface area (Å²) in [5, 5.41) is 20.4. The summed E-state index contributed by atoms with van der Waals surface area (Å²) in [5.74, 6) is 0.276. The Morgan fingerprint density at radius 1 is 1.58 bits per heavy atom. The van der Waals surface area contributed by atoms with E-state index in [-0.39, 0.29) is 5.69 Å². The van der Waals surface area contributed by atoms with E-state index in [1.165, 1.54) is 0 Å². The van der Waals surface area contributed by atoms with Crippen molar-refractivity contribution in [3.8, 4) is 0 Å². The summed E-state index contributed by atoms with van der Waals surface area (Å²) in [6, 6.07) is 4.30. The second-order valence-corrected chi connectivity index (χ2v) is 5.47. The first-order chi connectivity index (χ1) is 9.02. The Morgan fingerprint density at radius 3 is 2.95 bits per heavy atom. The fourth-order valence-electron chi connectivity index (χ4n) is 2.21. The summed E-state index contributed by atoms with van der Waals surface area (Å²) < 4.78 is 0. The van der Waals surface area contributed by atoms with Crippen molar-refractivity contribution in [2.45, 2.75) is 13.0 Å². The van der Waals surface area contributed by atoms with E-state index >= 15 is 0 Å². The number of hydrogen-bond acceptors (Lipinski definition) is 5. The molecular formula is C12H14N2O4S. The van der Waals surface area contributed by atoms with Crippen LogP contribution in [0.25, 0.3) is 0 Å². The largest absolute Gasteiger partial charge is 0.480 e. The minimum absolute atomic E-state index is 0.000602. The molecule has 1 aromatic rings. The van der Waals surface area contributed by atoms with Crippen LogP contribution in [-0.4, -0.2) is 40.1 Å². The number of benzene rings is 1. The van der Waals surface area contributed by atoms with Gasteiger partial charge in [-0.25, -0.2) is 4.79 Å². The molecule has 1 N–H and O–H groups in total. The van der Waals surface area contributed by atoms with Crippen LogP contribution in [0.3, 0.4) is 0 Å². The molecule has 1 heterocycles. The van der Waals surface area contributed by atoms with Crippen molar-refractivity contribution in [1.29, 1.82) is 0 Å². The van der Waals surface area contributed by atoms with Crippen LogP contribution >= 0.6 is 11.8 Å². The molecule has 102 valence electrons. The second-order valence-electron chi connectivity index (χ2n) is 4.32. The van der Waals surface area contributed by atoms with Crippen LogP contribution < -0.4 is 4.90 Å². The molecule has 19 heavy (non-hydrogen) atoms. The van der Waals surface area contributed by atoms with Gasteiger partial charge in [0.1, 0.15) is 11.7 Å². The molecule has 1 saturated heterocycles. The molecule has 2 rings (SSSR count). The number of carboxylic acid groups (broad SMARTS) is 1. The maximum absolute atomic E-state index is 11.3. The molecule has 0 spiro atoms. The number of nitro groups is 1. The maximum atomic E-state index is 11.3. The summed E-state index contributed by atoms with van der Waals surface area (Å²) in [7, 11) is 0. The van der Waals surface area contributed by atoms with Gasteiger partial charge >= 0.3 is 5.97 Å². The number of carbonyl (C=O) groups is 1. The third-order valence-corrected chi connectivity index (χ3v) is 4.14. The highest BCUT2D eigenvalue weighted by Crippen LogP contribution is 2.34. The Balaban J connectivity index is 2.47. The van der Waals surface area contributed by atoms with Gasteiger partial charge in [0.25, 0.3) is 5.69 Å². The lowest BCUT2D eigenvalue weighted by Crippen LogP contribution is -2.47. The molecule has 0 saturated carbocycles. The Hall–Kier alpha value is -1.76. The minimum Gasteiger partial charge on any atom is -0.480 e. The number of nitrogens with zero attached hydrogens (tertiary/aromatic N) is 2. The molecule has 1 aliphatic rings. The van der Waals surface area contributed by atoms with Crippen molar-refractivity contribution in [3.05, 3.63) is 33.9 Å². The first-order valence-electron chi connectivity index (χ1n) is 5.83. The Bertz CT molecular complexity index is 520. The number of carboxylic acids is 1. The molecule has 0 radical (unpaired) electrons. The monoisotopic (exact) mass is 282 g/mol. The van der Waals surface area contributed by atoms with Gasteiger partial charge in [0.15, 0.2) is 0 Å². The number of nitro benzene ring substituents is 1. The van der Waals surface area contributed by atoms with Crippen molar-refractivity contribution in [1.82, 2.24) is 0 Å². The minimum atomic E-state index is -0.942. The van der Waals surface area contributed by atoms with Crippen LogP contribution in [0.4, 0.5) is 11.4 Å². The maximum Gasteiger partial charge on any atom is 0.327 e. The van der Waals surface area contributed by atoms with Gasteiger partial charge in [-0.05, 0) is 13.0 Å². The SMILES string of the molecule is Cc1cccc(N2CCSCC2C(=O)O)c1[N+](=O)[O-]. The third kappa shape index (κ3) is 2.65. The Labute approximate surface area is 114 Å². The van der Waals surface area contributed by atoms with E-state index in [1.807, 2.05) is 0 Å². The van der Waals surface area contributed by atoms with Crippen LogP contribution in [0.1, 0.15) is 5.56 Å². The molecule has 1 aromatic carbocycles. The lowest BCUT2D eigenvalue weighted by atomic mass is 10.1. The molecule has 0 bridgehead atoms. The van der Waals surface area contributed by atoms with Crippen LogP contribution in [0, 0.1) is 17.0 Å². The third-order valence-electron chi connectivity index (χ3n) is 3.12. The second kappa shape index (κ2) is 5.48. The summed E-state index contributed by atoms with van der Waals surface area (Å²) in [5.41, 5.74) is 0.947. The summed E-state index contributed by atoms with van der Waals surface area (Å²) in [6.07, 6.45) is 0. The quantitative estimate of drug-likeness (QED) is 0.673. The van der Waals surface area contributed by atoms with Crippen molar-refractivity contribution >= 4 is 29.1 Å². The summed E-state index contributed by atoms with van der Waals surface area (Å²) in [4.78, 5) is 23.7. The number of para-hydroxylation sites is 1. The Kier molecular flexibility index (Phi) is 3.94. The topological polar surface area (TPSA) is 83.7 Å². The molecule has 6 nitrogen and oxygen atoms in total. The average molecular weight is 282 g/mol. The van der Waals surface area contributed by atoms with Crippen molar-refractivity contribution in [3.63, 3.8) is 0 Å². The van der Waals surface area contributed by atoms with Crippen LogP contribution in [-0.2, 0) is 4.79 Å². The first-order valence-corrected chi connectivity index (χ1v) is 6.99. The molecule has 1 fully saturated rings. The number of aryl methyl sites for hydroxylation is 1. The molecule has 0 aliphatic carbocycles. The molecule has 1 unspecified atom stereocenters. The van der Waals surface area contributed by atoms with E-state index in [4.69, 9.17) is 0 Å². The number of rotatable bonds is 3. The number of anilines is 1. The van der Waals surface area contributed by atoms with Gasteiger partial charge in [0.05, 0.1) is 4.92 Å². The van der Waals surface area contributed by atoms with Gasteiger partial charge in [-0.15, -0.1) is 0 Å². The lowest BCUT2D eigenvalue weighted by molar-refractivity contribution is -0.384. The van der Waals surface area contributed by atoms with Gasteiger partial charge in [-0.3, -0.25) is 10.1 Å². The summed E-state index contributed by atoms with van der Waals surface area (Å²) >= 11 is 1.56. The molecule has 7 heteroatoms. The van der Waals surface area contributed by atoms with Gasteiger partial charge < -0.3 is 10.0 Å². The van der Waals surface area contributed by atoms with E-state index in [1.54, 1.807) is 41.8 Å². The first kappa shape index (κ1) is 13.7. The normalized spacial score (nSPS) is 19.2. The van der Waals surface area contributed by atoms with Crippen LogP contribution in [0.5, 0.6) is 0 Å². The fraction of sp³-hybridized carbons (Fsp3) is 0.417. The van der Waals surface area contributed by atoms with Crippen molar-refractivity contribution < 1.29 is 14.8 Å². The predicted octanol–water partition coefficient (Wildman–Crippen LogP) is 1.91. The smallest absolute Gasteiger partial charge is 0.327 e. The number of hydrogen-bond donors (Lipinski definition) is 1. The molecule has 1 atom stereocenters. The highest BCUT2D eigenvalue weighted by Gasteiger charge is 2.33. The zero-order valence-corrected chi connectivity index (χ0v) is 11.2. The highest BCUT2D eigenvalue weighted by atomic mass is 32.2. The van der Waals surface area contributed by atoms with E-state index < -0.39 is 16.9 Å². The Morgan fingerprint density at radius 2 is 2.32 bits per heavy atom. The fourth-order valence-corrected chi connectivity index (χ4v) is 3.25. The van der Waals surface area contributed by atoms with E-state index in [9.17, 15) is 20.0 Å². The molecule has 1 aliphatic heterocycles. The van der Waals surface area contributed by atoms with Gasteiger partial charge in [0.2, 0.25) is 0 Å². The standard InChI is InChI=1S/C12H14N2O4S/c1-8-3-2-4-9(11(8)14(17)18)13-5-6-19-7-10(13)12(15)16/h2-4,10H,5-7H2,1H3,(H,15,16).